The summed E-state index contributed by atoms with van der Waals surface area (Å²) in [5.41, 5.74) is 2.50. The average molecular weight is 1090 g/mol. The predicted octanol–water partition coefficient (Wildman–Crippen LogP) is 9.52. The summed E-state index contributed by atoms with van der Waals surface area (Å²) in [6.07, 6.45) is -1.86. The van der Waals surface area contributed by atoms with Gasteiger partial charge in [-0.05, 0) is 52.8 Å². The first kappa shape index (κ1) is 56.8. The summed E-state index contributed by atoms with van der Waals surface area (Å²) in [6, 6.07) is 40.4. The second-order valence-electron chi connectivity index (χ2n) is 18.1. The molecule has 0 saturated carbocycles. The number of rotatable bonds is 27. The van der Waals surface area contributed by atoms with Crippen molar-refractivity contribution in [3.05, 3.63) is 194 Å². The monoisotopic (exact) mass is 1090 g/mol. The third-order valence-electron chi connectivity index (χ3n) is 13.0. The summed E-state index contributed by atoms with van der Waals surface area (Å²) >= 11 is 0. The van der Waals surface area contributed by atoms with E-state index >= 15 is 0 Å². The Kier molecular flexibility index (Phi) is 19.7. The number of nitro benzene ring substituents is 2. The maximum atomic E-state index is 14.0. The van der Waals surface area contributed by atoms with Crippen LogP contribution in [0.15, 0.2) is 146 Å². The number of aromatic nitrogens is 4. The SMILES string of the molecule is COc1ccc(C(OC[C@H]2O[C@@H](n3cnc4c(NC(=O)OCCc5ccc([N+](=O)[O-])cc5)ncnc43)[C@H](OC(=O)OCCc3ccc([N+](=O)[O-])cc3)[C@@H]2OCCCCCC(=O)OCCC#N)(c2ccccc2)c2ccccc2)cc1. The molecule has 1 amide bonds. The summed E-state index contributed by atoms with van der Waals surface area (Å²) in [7, 11) is 1.58. The number of esters is 1. The maximum Gasteiger partial charge on any atom is 0.508 e. The highest BCUT2D eigenvalue weighted by atomic mass is 16.7. The first-order valence-electron chi connectivity index (χ1n) is 25.6. The summed E-state index contributed by atoms with van der Waals surface area (Å²) in [4.78, 5) is 74.1. The Morgan fingerprint density at radius 1 is 0.713 bits per heavy atom. The fourth-order valence-corrected chi connectivity index (χ4v) is 9.06. The molecule has 1 aliphatic rings. The van der Waals surface area contributed by atoms with Crippen LogP contribution in [0, 0.1) is 31.6 Å². The van der Waals surface area contributed by atoms with Crippen molar-refractivity contribution in [1.29, 1.82) is 5.26 Å². The van der Waals surface area contributed by atoms with Gasteiger partial charge in [0.2, 0.25) is 0 Å². The Morgan fingerprint density at radius 3 is 1.93 bits per heavy atom. The van der Waals surface area contributed by atoms with E-state index in [0.29, 0.717) is 36.1 Å². The van der Waals surface area contributed by atoms with Gasteiger partial charge in [-0.1, -0.05) is 103 Å². The number of non-ortho nitro benzene ring substituents is 2. The zero-order valence-electron chi connectivity index (χ0n) is 43.4. The zero-order chi connectivity index (χ0) is 56.3. The van der Waals surface area contributed by atoms with E-state index in [-0.39, 0.29) is 87.1 Å². The highest BCUT2D eigenvalue weighted by molar-refractivity contribution is 5.93. The Morgan fingerprint density at radius 2 is 1.32 bits per heavy atom. The zero-order valence-corrected chi connectivity index (χ0v) is 43.4. The molecule has 0 unspecified atom stereocenters. The van der Waals surface area contributed by atoms with Crippen LogP contribution in [0.25, 0.3) is 11.2 Å². The van der Waals surface area contributed by atoms with Gasteiger partial charge in [-0.15, -0.1) is 0 Å². The molecule has 2 aromatic heterocycles. The average Bonchev–Trinajstić information content (AvgIpc) is 4.12. The molecule has 8 rings (SSSR count). The minimum absolute atomic E-state index is 0.0102. The number of methoxy groups -OCH3 is 1. The Labute approximate surface area is 458 Å². The maximum absolute atomic E-state index is 14.0. The smallest absolute Gasteiger partial charge is 0.497 e. The number of fused-ring (bicyclic) bond motifs is 1. The number of ether oxygens (including phenoxy) is 8. The summed E-state index contributed by atoms with van der Waals surface area (Å²) in [5.74, 6) is 0.183. The van der Waals surface area contributed by atoms with E-state index in [1.165, 1.54) is 41.5 Å². The molecule has 0 radical (unpaired) electrons. The number of nitrogens with one attached hydrogen (secondary N) is 1. The van der Waals surface area contributed by atoms with E-state index in [0.717, 1.165) is 16.7 Å². The van der Waals surface area contributed by atoms with Gasteiger partial charge >= 0.3 is 18.2 Å². The molecule has 5 aromatic carbocycles. The largest absolute Gasteiger partial charge is 0.508 e. The van der Waals surface area contributed by atoms with Crippen molar-refractivity contribution in [2.24, 2.45) is 0 Å². The van der Waals surface area contributed by atoms with Crippen LogP contribution in [-0.2, 0) is 56.4 Å². The minimum atomic E-state index is -1.30. The third kappa shape index (κ3) is 14.4. The number of hydrogen-bond donors (Lipinski definition) is 1. The molecule has 3 heterocycles. The first-order valence-corrected chi connectivity index (χ1v) is 25.6. The van der Waals surface area contributed by atoms with Crippen LogP contribution in [-0.4, -0.2) is 106 Å². The normalized spacial score (nSPS) is 15.8. The molecular weight excluding hydrogens is 1040 g/mol. The van der Waals surface area contributed by atoms with Crippen molar-refractivity contribution in [3.8, 4) is 11.8 Å². The van der Waals surface area contributed by atoms with E-state index in [1.807, 2.05) is 91.0 Å². The van der Waals surface area contributed by atoms with Gasteiger partial charge in [0.15, 0.2) is 29.3 Å². The number of carbonyl (C=O) groups excluding carboxylic acids is 3. The fraction of sp³-hybridized carbons (Fsp3) is 0.316. The number of anilines is 1. The van der Waals surface area contributed by atoms with Gasteiger partial charge in [0.1, 0.15) is 36.5 Å². The van der Waals surface area contributed by atoms with Gasteiger partial charge in [0.05, 0.1) is 55.6 Å². The summed E-state index contributed by atoms with van der Waals surface area (Å²) in [6.45, 7) is -0.300. The van der Waals surface area contributed by atoms with Crippen molar-refractivity contribution in [2.45, 2.75) is 75.1 Å². The van der Waals surface area contributed by atoms with Crippen LogP contribution in [0.2, 0.25) is 0 Å². The second kappa shape index (κ2) is 27.8. The Balaban J connectivity index is 1.10. The van der Waals surface area contributed by atoms with Crippen LogP contribution in [0.1, 0.15) is 66.1 Å². The summed E-state index contributed by atoms with van der Waals surface area (Å²) in [5, 5.41) is 33.8. The molecule has 1 aliphatic heterocycles. The number of nitro groups is 2. The molecule has 4 atom stereocenters. The van der Waals surface area contributed by atoms with Crippen LogP contribution >= 0.6 is 0 Å². The molecule has 23 heteroatoms. The van der Waals surface area contributed by atoms with Crippen LogP contribution in [0.4, 0.5) is 26.8 Å². The van der Waals surface area contributed by atoms with Crippen molar-refractivity contribution >= 4 is 46.6 Å². The number of carbonyl (C=O) groups is 3. The lowest BCUT2D eigenvalue weighted by atomic mass is 9.80. The number of nitrogens with zero attached hydrogens (tertiary/aromatic N) is 7. The summed E-state index contributed by atoms with van der Waals surface area (Å²) < 4.78 is 50.4. The van der Waals surface area contributed by atoms with Crippen LogP contribution in [0.5, 0.6) is 5.75 Å². The standard InChI is InChI=1S/C57H56N8O15/c1-73-46-27-21-43(22-28-46)57(41-12-5-2-6-13-41,42-14-7-3-8-15-42)78-36-47-50(75-32-10-4-9-16-48(66)74-33-11-31-58)51(80-56(68)77-35-30-40-19-25-45(26-20-40)65(71)72)54(79-47)63-38-61-49-52(59-37-60-53(49)63)62-55(67)76-34-29-39-17-23-44(24-18-39)64(69)70/h2-3,5-8,12-15,17-28,37-38,47,50-51,54H,4,9-11,16,29-30,32-36H2,1H3,(H,59,60,62,67)/t47-,50-,51-,54-/m1/s1. The number of unbranched alkanes of at least 4 members (excludes halogenated alkanes) is 2. The quantitative estimate of drug-likeness (QED) is 0.0125. The van der Waals surface area contributed by atoms with Crippen LogP contribution in [0.3, 0.4) is 0 Å². The first-order chi connectivity index (χ1) is 39.0. The van der Waals surface area contributed by atoms with Gasteiger partial charge in [-0.3, -0.25) is 34.9 Å². The van der Waals surface area contributed by atoms with Gasteiger partial charge in [0.25, 0.3) is 11.4 Å². The number of benzene rings is 5. The fourth-order valence-electron chi connectivity index (χ4n) is 9.06. The van der Waals surface area contributed by atoms with Crippen molar-refractivity contribution in [3.63, 3.8) is 0 Å². The lowest BCUT2D eigenvalue weighted by molar-refractivity contribution is -0.385. The van der Waals surface area contributed by atoms with E-state index in [1.54, 1.807) is 31.4 Å². The van der Waals surface area contributed by atoms with E-state index in [4.69, 9.17) is 43.2 Å². The van der Waals surface area contributed by atoms with Gasteiger partial charge in [-0.25, -0.2) is 24.5 Å². The highest BCUT2D eigenvalue weighted by Crippen LogP contribution is 2.43. The van der Waals surface area contributed by atoms with Crippen LogP contribution < -0.4 is 10.1 Å². The molecule has 80 heavy (non-hydrogen) atoms. The predicted molar refractivity (Wildman–Crippen MR) is 285 cm³/mol. The highest BCUT2D eigenvalue weighted by Gasteiger charge is 2.51. The molecule has 7 aromatic rings. The molecule has 414 valence electrons. The molecule has 0 spiro atoms. The third-order valence-corrected chi connectivity index (χ3v) is 13.0. The topological polar surface area (TPSA) is 291 Å². The van der Waals surface area contributed by atoms with Crippen molar-refractivity contribution < 1.29 is 62.1 Å². The number of hydrogen-bond acceptors (Lipinski definition) is 19. The van der Waals surface area contributed by atoms with Gasteiger partial charge in [0, 0.05) is 50.1 Å². The van der Waals surface area contributed by atoms with Gasteiger partial charge in [-0.2, -0.15) is 5.26 Å². The second-order valence-corrected chi connectivity index (χ2v) is 18.1. The molecule has 0 aliphatic carbocycles. The van der Waals surface area contributed by atoms with Crippen molar-refractivity contribution in [2.75, 3.05) is 45.5 Å². The van der Waals surface area contributed by atoms with E-state index in [9.17, 15) is 34.6 Å². The number of amides is 1. The molecule has 1 fully saturated rings. The number of imidazole rings is 1. The lowest BCUT2D eigenvalue weighted by Gasteiger charge is -2.37. The molecule has 1 N–H and O–H groups in total. The molecule has 23 nitrogen and oxygen atoms in total. The molecule has 0 bridgehead atoms. The lowest BCUT2D eigenvalue weighted by Crippen LogP contribution is -2.42. The number of nitriles is 1. The van der Waals surface area contributed by atoms with Gasteiger partial charge < -0.3 is 37.9 Å². The van der Waals surface area contributed by atoms with Crippen molar-refractivity contribution in [1.82, 2.24) is 19.5 Å². The van der Waals surface area contributed by atoms with E-state index in [2.05, 4.69) is 20.3 Å². The molecule has 1 saturated heterocycles. The molecular formula is C57H56N8O15. The van der Waals surface area contributed by atoms with E-state index < -0.39 is 58.2 Å². The Bertz CT molecular complexity index is 3190. The minimum Gasteiger partial charge on any atom is -0.497 e. The Hall–Kier alpha value is -9.37.